The molecular formula is C30H37N7. The van der Waals surface area contributed by atoms with Crippen LogP contribution in [0.15, 0.2) is 60.8 Å². The van der Waals surface area contributed by atoms with Crippen LogP contribution in [0.4, 0.5) is 5.82 Å². The van der Waals surface area contributed by atoms with Crippen molar-refractivity contribution < 1.29 is 0 Å². The Morgan fingerprint density at radius 3 is 2.73 bits per heavy atom. The Hall–Kier alpha value is -3.71. The second kappa shape index (κ2) is 11.1. The average molecular weight is 496 g/mol. The number of allylic oxidation sites excluding steroid dienone is 5. The third-order valence-corrected chi connectivity index (χ3v) is 7.14. The number of H-pyrrole nitrogens is 2. The smallest absolute Gasteiger partial charge is 0.159 e. The zero-order chi connectivity index (χ0) is 25.8. The van der Waals surface area contributed by atoms with Crippen LogP contribution in [0.5, 0.6) is 0 Å². The number of hydrogen-bond acceptors (Lipinski definition) is 5. The number of hydrogen-bond donors (Lipinski definition) is 2. The summed E-state index contributed by atoms with van der Waals surface area (Å²) >= 11 is 0. The minimum Gasteiger partial charge on any atom is -0.355 e. The molecule has 7 nitrogen and oxygen atoms in total. The summed E-state index contributed by atoms with van der Waals surface area (Å²) in [4.78, 5) is 17.8. The third-order valence-electron chi connectivity index (χ3n) is 7.14. The highest BCUT2D eigenvalue weighted by molar-refractivity contribution is 5.97. The van der Waals surface area contributed by atoms with Crippen LogP contribution in [0.2, 0.25) is 0 Å². The molecule has 1 saturated heterocycles. The molecule has 1 aliphatic rings. The predicted molar refractivity (Wildman–Crippen MR) is 155 cm³/mol. The SMILES string of the molecule is C=C/C(=C\C(=C/C)c1ccc2[nH]nc(-c3nc4c(N5CCCCC5)nccc4[nH]3)c2c1)CCCN(C)C. The summed E-state index contributed by atoms with van der Waals surface area (Å²) in [5, 5.41) is 8.89. The fourth-order valence-electron chi connectivity index (χ4n) is 5.11. The number of imidazole rings is 1. The van der Waals surface area contributed by atoms with Crippen molar-refractivity contribution in [1.29, 1.82) is 0 Å². The summed E-state index contributed by atoms with van der Waals surface area (Å²) in [6.07, 6.45) is 14.1. The van der Waals surface area contributed by atoms with Crippen molar-refractivity contribution in [3.05, 3.63) is 66.4 Å². The summed E-state index contributed by atoms with van der Waals surface area (Å²) in [5.74, 6) is 1.73. The van der Waals surface area contributed by atoms with Crippen LogP contribution < -0.4 is 4.90 Å². The highest BCUT2D eigenvalue weighted by atomic mass is 15.2. The Kier molecular flexibility index (Phi) is 7.51. The molecule has 0 saturated carbocycles. The van der Waals surface area contributed by atoms with Gasteiger partial charge in [0.25, 0.3) is 0 Å². The minimum absolute atomic E-state index is 0.762. The molecule has 3 aromatic heterocycles. The number of aromatic nitrogens is 5. The molecule has 7 heteroatoms. The number of anilines is 1. The van der Waals surface area contributed by atoms with Gasteiger partial charge < -0.3 is 14.8 Å². The van der Waals surface area contributed by atoms with E-state index in [9.17, 15) is 0 Å². The first-order chi connectivity index (χ1) is 18.1. The van der Waals surface area contributed by atoms with Gasteiger partial charge in [0.2, 0.25) is 0 Å². The fourth-order valence-corrected chi connectivity index (χ4v) is 5.11. The monoisotopic (exact) mass is 495 g/mol. The second-order valence-corrected chi connectivity index (χ2v) is 10.1. The summed E-state index contributed by atoms with van der Waals surface area (Å²) in [5.41, 5.74) is 7.29. The van der Waals surface area contributed by atoms with E-state index >= 15 is 0 Å². The van der Waals surface area contributed by atoms with Gasteiger partial charge in [-0.1, -0.05) is 30.9 Å². The number of benzene rings is 1. The van der Waals surface area contributed by atoms with Crippen molar-refractivity contribution in [2.75, 3.05) is 38.6 Å². The van der Waals surface area contributed by atoms with Gasteiger partial charge in [0, 0.05) is 24.7 Å². The maximum atomic E-state index is 5.00. The van der Waals surface area contributed by atoms with Crippen LogP contribution in [0.1, 0.15) is 44.6 Å². The molecule has 0 bridgehead atoms. The quantitative estimate of drug-likeness (QED) is 0.265. The van der Waals surface area contributed by atoms with E-state index in [0.29, 0.717) is 0 Å². The minimum atomic E-state index is 0.762. The first-order valence-electron chi connectivity index (χ1n) is 13.3. The number of nitrogens with zero attached hydrogens (tertiary/aromatic N) is 5. The van der Waals surface area contributed by atoms with Gasteiger partial charge in [-0.15, -0.1) is 0 Å². The molecule has 1 aliphatic heterocycles. The molecule has 4 aromatic rings. The molecule has 1 fully saturated rings. The third kappa shape index (κ3) is 5.37. The normalized spacial score (nSPS) is 15.3. The first kappa shape index (κ1) is 25.0. The molecule has 0 spiro atoms. The highest BCUT2D eigenvalue weighted by Gasteiger charge is 2.19. The molecule has 1 aromatic carbocycles. The molecule has 4 heterocycles. The van der Waals surface area contributed by atoms with Crippen molar-refractivity contribution in [2.24, 2.45) is 0 Å². The van der Waals surface area contributed by atoms with Crippen LogP contribution in [0.3, 0.4) is 0 Å². The number of nitrogens with one attached hydrogen (secondary N) is 2. The van der Waals surface area contributed by atoms with Gasteiger partial charge in [0.05, 0.1) is 11.0 Å². The van der Waals surface area contributed by atoms with Crippen LogP contribution in [0.25, 0.3) is 39.0 Å². The molecule has 37 heavy (non-hydrogen) atoms. The lowest BCUT2D eigenvalue weighted by atomic mass is 9.99. The summed E-state index contributed by atoms with van der Waals surface area (Å²) in [6, 6.07) is 8.45. The lowest BCUT2D eigenvalue weighted by Gasteiger charge is -2.27. The van der Waals surface area contributed by atoms with E-state index in [1.165, 1.54) is 30.4 Å². The fraction of sp³-hybridized carbons (Fsp3) is 0.367. The zero-order valence-corrected chi connectivity index (χ0v) is 22.2. The van der Waals surface area contributed by atoms with E-state index in [1.54, 1.807) is 0 Å². The van der Waals surface area contributed by atoms with Crippen molar-refractivity contribution in [3.8, 4) is 11.5 Å². The van der Waals surface area contributed by atoms with E-state index in [1.807, 2.05) is 18.3 Å². The van der Waals surface area contributed by atoms with Gasteiger partial charge in [-0.2, -0.15) is 5.10 Å². The van der Waals surface area contributed by atoms with Crippen molar-refractivity contribution in [1.82, 2.24) is 30.0 Å². The van der Waals surface area contributed by atoms with E-state index < -0.39 is 0 Å². The van der Waals surface area contributed by atoms with Crippen molar-refractivity contribution >= 4 is 33.3 Å². The number of aromatic amines is 2. The Labute approximate surface area is 219 Å². The van der Waals surface area contributed by atoms with E-state index in [0.717, 1.165) is 77.3 Å². The number of fused-ring (bicyclic) bond motifs is 2. The maximum Gasteiger partial charge on any atom is 0.159 e. The Morgan fingerprint density at radius 2 is 1.97 bits per heavy atom. The highest BCUT2D eigenvalue weighted by Crippen LogP contribution is 2.32. The number of rotatable bonds is 9. The van der Waals surface area contributed by atoms with E-state index in [-0.39, 0.29) is 0 Å². The molecule has 0 radical (unpaired) electrons. The summed E-state index contributed by atoms with van der Waals surface area (Å²) < 4.78 is 0. The van der Waals surface area contributed by atoms with Gasteiger partial charge in [-0.05, 0) is 94.6 Å². The largest absolute Gasteiger partial charge is 0.355 e. The average Bonchev–Trinajstić information content (AvgIpc) is 3.54. The van der Waals surface area contributed by atoms with Crippen LogP contribution in [-0.2, 0) is 0 Å². The van der Waals surface area contributed by atoms with Gasteiger partial charge in [-0.25, -0.2) is 9.97 Å². The van der Waals surface area contributed by atoms with E-state index in [4.69, 9.17) is 9.97 Å². The molecule has 0 aliphatic carbocycles. The lowest BCUT2D eigenvalue weighted by molar-refractivity contribution is 0.400. The molecule has 192 valence electrons. The molecule has 2 N–H and O–H groups in total. The molecule has 0 amide bonds. The van der Waals surface area contributed by atoms with Crippen LogP contribution in [0, 0.1) is 0 Å². The Balaban J connectivity index is 1.48. The van der Waals surface area contributed by atoms with Crippen molar-refractivity contribution in [2.45, 2.75) is 39.0 Å². The van der Waals surface area contributed by atoms with Gasteiger partial charge in [0.1, 0.15) is 11.2 Å². The van der Waals surface area contributed by atoms with Crippen LogP contribution >= 0.6 is 0 Å². The number of pyridine rings is 1. The maximum absolute atomic E-state index is 5.00. The summed E-state index contributed by atoms with van der Waals surface area (Å²) in [7, 11) is 4.22. The Morgan fingerprint density at radius 1 is 1.14 bits per heavy atom. The molecule has 0 unspecified atom stereocenters. The summed E-state index contributed by atoms with van der Waals surface area (Å²) in [6.45, 7) is 9.26. The van der Waals surface area contributed by atoms with Gasteiger partial charge >= 0.3 is 0 Å². The topological polar surface area (TPSA) is 76.7 Å². The first-order valence-corrected chi connectivity index (χ1v) is 13.3. The molecule has 5 rings (SSSR count). The Bertz CT molecular complexity index is 1450. The lowest BCUT2D eigenvalue weighted by Crippen LogP contribution is -2.30. The second-order valence-electron chi connectivity index (χ2n) is 10.1. The van der Waals surface area contributed by atoms with E-state index in [2.05, 4.69) is 82.9 Å². The molecule has 0 atom stereocenters. The van der Waals surface area contributed by atoms with Gasteiger partial charge in [0.15, 0.2) is 11.6 Å². The number of piperidine rings is 1. The molecular weight excluding hydrogens is 458 g/mol. The van der Waals surface area contributed by atoms with Gasteiger partial charge in [-0.3, -0.25) is 5.10 Å². The predicted octanol–water partition coefficient (Wildman–Crippen LogP) is 6.35. The van der Waals surface area contributed by atoms with Crippen LogP contribution in [-0.4, -0.2) is 63.8 Å². The standard InChI is InChI=1S/C30H37N7/c1-5-21(11-10-16-36(3)4)19-22(6-2)23-12-13-25-24(20-23)27(35-34-25)29-32-26-14-15-31-30(28(26)33-29)37-17-8-7-9-18-37/h5-6,12-15,19-20H,1,7-11,16-18H2,2-4H3,(H,32,33)(H,34,35)/b21-19+,22-6+. The van der Waals surface area contributed by atoms with Crippen molar-refractivity contribution in [3.63, 3.8) is 0 Å². The zero-order valence-electron chi connectivity index (χ0n) is 22.2.